The largest absolute Gasteiger partial charge is 0.381 e. The first kappa shape index (κ1) is 19.2. The summed E-state index contributed by atoms with van der Waals surface area (Å²) in [6.45, 7) is 15.3. The van der Waals surface area contributed by atoms with Crippen LogP contribution in [0.3, 0.4) is 0 Å². The standard InChI is InChI=1S/C17H36N4O/c1-5-18-17(20-13-15(4)21(6-2)7-3)19-11-8-12-22-14-16-9-10-16/h15-16H,5-14H2,1-4H3,(H2,18,19,20). The Morgan fingerprint density at radius 3 is 2.55 bits per heavy atom. The Morgan fingerprint density at radius 1 is 1.23 bits per heavy atom. The van der Waals surface area contributed by atoms with Crippen LogP contribution >= 0.6 is 0 Å². The number of guanidine groups is 1. The van der Waals surface area contributed by atoms with E-state index in [1.807, 2.05) is 0 Å². The van der Waals surface area contributed by atoms with Crippen LogP contribution in [0.25, 0.3) is 0 Å². The lowest BCUT2D eigenvalue weighted by molar-refractivity contribution is 0.123. The van der Waals surface area contributed by atoms with Gasteiger partial charge in [-0.3, -0.25) is 9.89 Å². The number of hydrogen-bond donors (Lipinski definition) is 2. The summed E-state index contributed by atoms with van der Waals surface area (Å²) in [5, 5.41) is 6.71. The number of nitrogens with zero attached hydrogens (tertiary/aromatic N) is 2. The Balaban J connectivity index is 2.19. The van der Waals surface area contributed by atoms with E-state index in [0.717, 1.165) is 64.2 Å². The molecule has 0 bridgehead atoms. The summed E-state index contributed by atoms with van der Waals surface area (Å²) < 4.78 is 5.65. The molecule has 0 amide bonds. The Bertz CT molecular complexity index is 301. The second-order valence-electron chi connectivity index (χ2n) is 6.09. The molecular formula is C17H36N4O. The number of rotatable bonds is 12. The molecule has 0 spiro atoms. The average molecular weight is 313 g/mol. The van der Waals surface area contributed by atoms with E-state index in [2.05, 4.69) is 43.2 Å². The number of aliphatic imine (C=N–C) groups is 1. The molecule has 1 aliphatic carbocycles. The molecule has 0 aromatic rings. The fourth-order valence-corrected chi connectivity index (χ4v) is 2.44. The minimum Gasteiger partial charge on any atom is -0.381 e. The minimum atomic E-state index is 0.479. The van der Waals surface area contributed by atoms with E-state index < -0.39 is 0 Å². The van der Waals surface area contributed by atoms with Crippen LogP contribution in [0, 0.1) is 5.92 Å². The zero-order valence-corrected chi connectivity index (χ0v) is 15.0. The predicted octanol–water partition coefficient (Wildman–Crippen LogP) is 2.09. The molecular weight excluding hydrogens is 276 g/mol. The van der Waals surface area contributed by atoms with Gasteiger partial charge in [-0.25, -0.2) is 0 Å². The zero-order chi connectivity index (χ0) is 16.2. The van der Waals surface area contributed by atoms with Gasteiger partial charge in [-0.2, -0.15) is 0 Å². The molecule has 0 aromatic heterocycles. The fourth-order valence-electron chi connectivity index (χ4n) is 2.44. The van der Waals surface area contributed by atoms with Gasteiger partial charge >= 0.3 is 0 Å². The van der Waals surface area contributed by atoms with Crippen LogP contribution in [0.4, 0.5) is 0 Å². The molecule has 1 saturated carbocycles. The maximum atomic E-state index is 5.65. The Hall–Kier alpha value is -0.810. The van der Waals surface area contributed by atoms with Gasteiger partial charge in [-0.05, 0) is 52.1 Å². The molecule has 1 fully saturated rings. The summed E-state index contributed by atoms with van der Waals surface area (Å²) in [6, 6.07) is 0.479. The number of nitrogens with one attached hydrogen (secondary N) is 2. The predicted molar refractivity (Wildman–Crippen MR) is 94.5 cm³/mol. The lowest BCUT2D eigenvalue weighted by Gasteiger charge is -2.25. The Labute approximate surface area is 136 Å². The molecule has 0 aromatic carbocycles. The molecule has 1 atom stereocenters. The maximum absolute atomic E-state index is 5.65. The van der Waals surface area contributed by atoms with Gasteiger partial charge in [0.15, 0.2) is 5.96 Å². The highest BCUT2D eigenvalue weighted by Crippen LogP contribution is 2.28. The van der Waals surface area contributed by atoms with Crippen LogP contribution in [-0.4, -0.2) is 62.8 Å². The van der Waals surface area contributed by atoms with Gasteiger partial charge in [0.1, 0.15) is 0 Å². The summed E-state index contributed by atoms with van der Waals surface area (Å²) in [6.07, 6.45) is 3.75. The van der Waals surface area contributed by atoms with Crippen LogP contribution in [0.15, 0.2) is 4.99 Å². The first-order valence-electron chi connectivity index (χ1n) is 9.05. The lowest BCUT2D eigenvalue weighted by atomic mass is 10.3. The summed E-state index contributed by atoms with van der Waals surface area (Å²) in [5.74, 6) is 1.78. The van der Waals surface area contributed by atoms with Crippen LogP contribution in [0.5, 0.6) is 0 Å². The molecule has 1 rings (SSSR count). The van der Waals surface area contributed by atoms with Gasteiger partial charge in [0, 0.05) is 32.3 Å². The molecule has 22 heavy (non-hydrogen) atoms. The molecule has 1 aliphatic rings. The van der Waals surface area contributed by atoms with Crippen molar-refractivity contribution < 1.29 is 4.74 Å². The van der Waals surface area contributed by atoms with Crippen molar-refractivity contribution in [2.45, 2.75) is 53.0 Å². The van der Waals surface area contributed by atoms with E-state index in [0.29, 0.717) is 6.04 Å². The molecule has 0 aliphatic heterocycles. The first-order valence-corrected chi connectivity index (χ1v) is 9.05. The lowest BCUT2D eigenvalue weighted by Crippen LogP contribution is -2.40. The highest BCUT2D eigenvalue weighted by molar-refractivity contribution is 5.79. The molecule has 5 nitrogen and oxygen atoms in total. The van der Waals surface area contributed by atoms with Crippen LogP contribution in [0.1, 0.15) is 47.0 Å². The van der Waals surface area contributed by atoms with Gasteiger partial charge in [0.05, 0.1) is 6.54 Å². The number of hydrogen-bond acceptors (Lipinski definition) is 3. The molecule has 1 unspecified atom stereocenters. The summed E-state index contributed by atoms with van der Waals surface area (Å²) in [4.78, 5) is 7.13. The first-order chi connectivity index (χ1) is 10.7. The van der Waals surface area contributed by atoms with E-state index >= 15 is 0 Å². The molecule has 0 radical (unpaired) electrons. The molecule has 2 N–H and O–H groups in total. The molecule has 0 saturated heterocycles. The van der Waals surface area contributed by atoms with E-state index in [9.17, 15) is 0 Å². The van der Waals surface area contributed by atoms with Crippen LogP contribution in [0.2, 0.25) is 0 Å². The minimum absolute atomic E-state index is 0.479. The molecule has 0 heterocycles. The number of likely N-dealkylation sites (N-methyl/N-ethyl adjacent to an activating group) is 1. The van der Waals surface area contributed by atoms with Crippen molar-refractivity contribution >= 4 is 5.96 Å². The van der Waals surface area contributed by atoms with Crippen molar-refractivity contribution in [2.75, 3.05) is 45.9 Å². The second kappa shape index (κ2) is 11.7. The zero-order valence-electron chi connectivity index (χ0n) is 15.0. The van der Waals surface area contributed by atoms with Crippen molar-refractivity contribution in [3.05, 3.63) is 0 Å². The van der Waals surface area contributed by atoms with Crippen molar-refractivity contribution in [1.82, 2.24) is 15.5 Å². The third-order valence-corrected chi connectivity index (χ3v) is 4.10. The summed E-state index contributed by atoms with van der Waals surface area (Å²) in [5.41, 5.74) is 0. The van der Waals surface area contributed by atoms with Gasteiger partial charge in [-0.1, -0.05) is 13.8 Å². The van der Waals surface area contributed by atoms with Crippen molar-refractivity contribution in [1.29, 1.82) is 0 Å². The topological polar surface area (TPSA) is 48.9 Å². The van der Waals surface area contributed by atoms with Crippen molar-refractivity contribution in [2.24, 2.45) is 10.9 Å². The quantitative estimate of drug-likeness (QED) is 0.329. The number of ether oxygens (including phenoxy) is 1. The van der Waals surface area contributed by atoms with Crippen molar-refractivity contribution in [3.8, 4) is 0 Å². The third-order valence-electron chi connectivity index (χ3n) is 4.10. The third kappa shape index (κ3) is 8.59. The fraction of sp³-hybridized carbons (Fsp3) is 0.941. The summed E-state index contributed by atoms with van der Waals surface area (Å²) >= 11 is 0. The van der Waals surface area contributed by atoms with E-state index in [4.69, 9.17) is 9.73 Å². The smallest absolute Gasteiger partial charge is 0.191 e. The normalized spacial score (nSPS) is 16.9. The SMILES string of the molecule is CCNC(=NCC(C)N(CC)CC)NCCCOCC1CC1. The maximum Gasteiger partial charge on any atom is 0.191 e. The summed E-state index contributed by atoms with van der Waals surface area (Å²) in [7, 11) is 0. The van der Waals surface area contributed by atoms with Gasteiger partial charge in [0.2, 0.25) is 0 Å². The van der Waals surface area contributed by atoms with E-state index in [1.54, 1.807) is 0 Å². The Morgan fingerprint density at radius 2 is 1.95 bits per heavy atom. The highest BCUT2D eigenvalue weighted by Gasteiger charge is 2.20. The molecule has 130 valence electrons. The monoisotopic (exact) mass is 312 g/mol. The van der Waals surface area contributed by atoms with Crippen molar-refractivity contribution in [3.63, 3.8) is 0 Å². The average Bonchev–Trinajstić information content (AvgIpc) is 3.33. The van der Waals surface area contributed by atoms with Gasteiger partial charge < -0.3 is 15.4 Å². The van der Waals surface area contributed by atoms with E-state index in [-0.39, 0.29) is 0 Å². The second-order valence-corrected chi connectivity index (χ2v) is 6.09. The highest BCUT2D eigenvalue weighted by atomic mass is 16.5. The van der Waals surface area contributed by atoms with Gasteiger partial charge in [0.25, 0.3) is 0 Å². The Kier molecular flexibility index (Phi) is 10.2. The van der Waals surface area contributed by atoms with Gasteiger partial charge in [-0.15, -0.1) is 0 Å². The molecule has 5 heteroatoms. The van der Waals surface area contributed by atoms with Crippen LogP contribution in [-0.2, 0) is 4.74 Å². The van der Waals surface area contributed by atoms with E-state index in [1.165, 1.54) is 12.8 Å². The van der Waals surface area contributed by atoms with Crippen LogP contribution < -0.4 is 10.6 Å².